The van der Waals surface area contributed by atoms with Gasteiger partial charge in [0.1, 0.15) is 18.1 Å². The maximum atomic E-state index is 12.1. The summed E-state index contributed by atoms with van der Waals surface area (Å²) in [7, 11) is 1.41. The molecule has 1 amide bonds. The Balaban J connectivity index is 2.39. The number of hydrogen-bond acceptors (Lipinski definition) is 4. The molecule has 0 saturated heterocycles. The Hall–Kier alpha value is -2.25. The van der Waals surface area contributed by atoms with E-state index in [1.165, 1.54) is 7.05 Å². The third kappa shape index (κ3) is 3.09. The van der Waals surface area contributed by atoms with E-state index in [2.05, 4.69) is 4.98 Å². The molecule has 0 fully saturated rings. The summed E-state index contributed by atoms with van der Waals surface area (Å²) in [6, 6.07) is 4.88. The van der Waals surface area contributed by atoms with Crippen molar-refractivity contribution in [3.63, 3.8) is 0 Å². The lowest BCUT2D eigenvalue weighted by Crippen LogP contribution is -2.38. The van der Waals surface area contributed by atoms with E-state index < -0.39 is 5.91 Å². The highest BCUT2D eigenvalue weighted by molar-refractivity contribution is 6.35. The van der Waals surface area contributed by atoms with Crippen LogP contribution in [-0.4, -0.2) is 47.1 Å². The molecular weight excluding hydrogens is 296 g/mol. The molecule has 0 unspecified atom stereocenters. The van der Waals surface area contributed by atoms with Crippen LogP contribution in [0.5, 0.6) is 5.75 Å². The Labute approximate surface area is 125 Å². The Bertz CT molecular complexity index is 698. The second-order valence-corrected chi connectivity index (χ2v) is 4.78. The molecule has 1 heterocycles. The van der Waals surface area contributed by atoms with Crippen LogP contribution in [0.25, 0.3) is 10.9 Å². The van der Waals surface area contributed by atoms with Crippen LogP contribution >= 0.6 is 11.6 Å². The fourth-order valence-corrected chi connectivity index (χ4v) is 2.08. The number of aliphatic hydroxyl groups is 1. The first-order valence-electron chi connectivity index (χ1n) is 6.12. The van der Waals surface area contributed by atoms with Crippen molar-refractivity contribution in [1.82, 2.24) is 9.88 Å². The van der Waals surface area contributed by atoms with E-state index in [1.807, 2.05) is 0 Å². The van der Waals surface area contributed by atoms with E-state index in [-0.39, 0.29) is 24.9 Å². The molecule has 0 saturated carbocycles. The zero-order valence-corrected chi connectivity index (χ0v) is 12.1. The van der Waals surface area contributed by atoms with Gasteiger partial charge >= 0.3 is 0 Å². The quantitative estimate of drug-likeness (QED) is 0.501. The van der Waals surface area contributed by atoms with Crippen LogP contribution < -0.4 is 10.5 Å². The Morgan fingerprint density at radius 1 is 1.52 bits per heavy atom. The van der Waals surface area contributed by atoms with E-state index in [9.17, 15) is 4.79 Å². The monoisotopic (exact) mass is 310 g/mol. The molecule has 0 aliphatic carbocycles. The highest BCUT2D eigenvalue weighted by atomic mass is 35.5. The number of benzene rings is 1. The lowest BCUT2D eigenvalue weighted by molar-refractivity contribution is 0.0864. The minimum Gasteiger partial charge on any atom is -0.491 e. The van der Waals surface area contributed by atoms with Gasteiger partial charge in [0.2, 0.25) is 0 Å². The van der Waals surface area contributed by atoms with E-state index >= 15 is 0 Å². The lowest BCUT2D eigenvalue weighted by atomic mass is 10.2. The van der Waals surface area contributed by atoms with Gasteiger partial charge in [0.05, 0.1) is 17.1 Å². The number of nitrogens with two attached hydrogens (primary N) is 1. The molecule has 0 aliphatic heterocycles. The zero-order valence-electron chi connectivity index (χ0n) is 11.3. The van der Waals surface area contributed by atoms with Gasteiger partial charge < -0.3 is 20.6 Å². The average molecular weight is 311 g/mol. The summed E-state index contributed by atoms with van der Waals surface area (Å²) < 4.78 is 5.30. The Morgan fingerprint density at radius 3 is 2.86 bits per heavy atom. The number of hydrogen-bond donors (Lipinski definition) is 4. The predicted molar refractivity (Wildman–Crippen MR) is 79.9 cm³/mol. The molecule has 5 N–H and O–H groups in total. The minimum atomic E-state index is -0.437. The lowest BCUT2D eigenvalue weighted by Gasteiger charge is -2.12. The van der Waals surface area contributed by atoms with Crippen molar-refractivity contribution in [2.75, 3.05) is 20.3 Å². The molecule has 0 aliphatic rings. The molecule has 0 spiro atoms. The van der Waals surface area contributed by atoms with Crippen LogP contribution in [0, 0.1) is 5.41 Å². The van der Waals surface area contributed by atoms with Crippen LogP contribution in [0.3, 0.4) is 0 Å². The smallest absolute Gasteiger partial charge is 0.276 e. The molecule has 21 heavy (non-hydrogen) atoms. The summed E-state index contributed by atoms with van der Waals surface area (Å²) in [6.45, 7) is 0.0505. The standard InChI is InChI=1S/C13H15ClN4O3/c1-18(13(15)16)12(20)11-6-8-9(14)4-7(21-3-2-19)5-10(8)17-11/h4-6,17,19H,2-3H2,1H3,(H3,15,16). The molecule has 112 valence electrons. The third-order valence-electron chi connectivity index (χ3n) is 2.92. The van der Waals surface area contributed by atoms with Gasteiger partial charge in [0, 0.05) is 18.5 Å². The van der Waals surface area contributed by atoms with E-state index in [1.54, 1.807) is 18.2 Å². The number of ether oxygens (including phenoxy) is 1. The van der Waals surface area contributed by atoms with Gasteiger partial charge in [0.25, 0.3) is 5.91 Å². The van der Waals surface area contributed by atoms with Crippen molar-refractivity contribution in [2.24, 2.45) is 5.73 Å². The second kappa shape index (κ2) is 6.02. The molecule has 0 atom stereocenters. The maximum Gasteiger partial charge on any atom is 0.276 e. The minimum absolute atomic E-state index is 0.104. The first kappa shape index (κ1) is 15.1. The van der Waals surface area contributed by atoms with E-state index in [4.69, 9.17) is 32.6 Å². The Morgan fingerprint density at radius 2 is 2.24 bits per heavy atom. The van der Waals surface area contributed by atoms with Crippen molar-refractivity contribution in [1.29, 1.82) is 5.41 Å². The largest absolute Gasteiger partial charge is 0.491 e. The summed E-state index contributed by atoms with van der Waals surface area (Å²) in [5, 5.41) is 17.1. The number of aliphatic hydroxyl groups excluding tert-OH is 1. The molecule has 8 heteroatoms. The molecule has 2 rings (SSSR count). The SMILES string of the molecule is CN(C(=N)N)C(=O)c1cc2c(Cl)cc(OCCO)cc2[nH]1. The number of H-pyrrole nitrogens is 1. The summed E-state index contributed by atoms with van der Waals surface area (Å²) in [5.41, 5.74) is 6.17. The molecule has 1 aromatic heterocycles. The number of aromatic amines is 1. The number of fused-ring (bicyclic) bond motifs is 1. The van der Waals surface area contributed by atoms with Crippen molar-refractivity contribution in [3.05, 3.63) is 28.9 Å². The maximum absolute atomic E-state index is 12.1. The van der Waals surface area contributed by atoms with Crippen molar-refractivity contribution in [3.8, 4) is 5.75 Å². The number of rotatable bonds is 4. The first-order chi connectivity index (χ1) is 9.93. The summed E-state index contributed by atoms with van der Waals surface area (Å²) in [6.07, 6.45) is 0. The van der Waals surface area contributed by atoms with Crippen molar-refractivity contribution in [2.45, 2.75) is 0 Å². The van der Waals surface area contributed by atoms with Crippen LogP contribution in [0.1, 0.15) is 10.5 Å². The number of nitrogens with one attached hydrogen (secondary N) is 2. The highest BCUT2D eigenvalue weighted by Gasteiger charge is 2.17. The molecule has 0 radical (unpaired) electrons. The second-order valence-electron chi connectivity index (χ2n) is 4.37. The highest BCUT2D eigenvalue weighted by Crippen LogP contribution is 2.30. The number of carbonyl (C=O) groups excluding carboxylic acids is 1. The summed E-state index contributed by atoms with van der Waals surface area (Å²) in [4.78, 5) is 16.0. The van der Waals surface area contributed by atoms with E-state index in [0.29, 0.717) is 21.7 Å². The number of guanidine groups is 1. The topological polar surface area (TPSA) is 115 Å². The zero-order chi connectivity index (χ0) is 15.6. The van der Waals surface area contributed by atoms with Crippen LogP contribution in [0.2, 0.25) is 5.02 Å². The normalized spacial score (nSPS) is 10.6. The van der Waals surface area contributed by atoms with Gasteiger partial charge in [-0.05, 0) is 12.1 Å². The molecule has 1 aromatic carbocycles. The Kier molecular flexibility index (Phi) is 4.35. The van der Waals surface area contributed by atoms with Gasteiger partial charge in [-0.15, -0.1) is 0 Å². The van der Waals surface area contributed by atoms with Gasteiger partial charge in [-0.25, -0.2) is 0 Å². The first-order valence-corrected chi connectivity index (χ1v) is 6.50. The molecular formula is C13H15ClN4O3. The molecule has 7 nitrogen and oxygen atoms in total. The predicted octanol–water partition coefficient (Wildman–Crippen LogP) is 1.16. The number of aromatic nitrogens is 1. The molecule has 0 bridgehead atoms. The number of halogens is 1. The van der Waals surface area contributed by atoms with Crippen LogP contribution in [0.15, 0.2) is 18.2 Å². The van der Waals surface area contributed by atoms with Crippen molar-refractivity contribution < 1.29 is 14.6 Å². The summed E-state index contributed by atoms with van der Waals surface area (Å²) in [5.74, 6) is -0.299. The van der Waals surface area contributed by atoms with E-state index in [0.717, 1.165) is 4.90 Å². The molecule has 2 aromatic rings. The van der Waals surface area contributed by atoms with Crippen molar-refractivity contribution >= 4 is 34.4 Å². The average Bonchev–Trinajstić information content (AvgIpc) is 2.87. The van der Waals surface area contributed by atoms with Gasteiger partial charge in [-0.1, -0.05) is 11.6 Å². The van der Waals surface area contributed by atoms with Gasteiger partial charge in [-0.3, -0.25) is 15.1 Å². The van der Waals surface area contributed by atoms with Crippen LogP contribution in [-0.2, 0) is 0 Å². The number of nitrogens with zero attached hydrogens (tertiary/aromatic N) is 1. The number of carbonyl (C=O) groups is 1. The fourth-order valence-electron chi connectivity index (χ4n) is 1.82. The van der Waals surface area contributed by atoms with Crippen LogP contribution in [0.4, 0.5) is 0 Å². The van der Waals surface area contributed by atoms with Gasteiger partial charge in [-0.2, -0.15) is 0 Å². The third-order valence-corrected chi connectivity index (χ3v) is 3.23. The van der Waals surface area contributed by atoms with Gasteiger partial charge in [0.15, 0.2) is 5.96 Å². The number of amides is 1. The summed E-state index contributed by atoms with van der Waals surface area (Å²) >= 11 is 6.15. The fraction of sp³-hybridized carbons (Fsp3) is 0.231.